The second-order valence-corrected chi connectivity index (χ2v) is 6.72. The molecule has 0 radical (unpaired) electrons. The Morgan fingerprint density at radius 3 is 2.73 bits per heavy atom. The third kappa shape index (κ3) is 3.07. The molecule has 0 bridgehead atoms. The van der Waals surface area contributed by atoms with E-state index in [1.54, 1.807) is 7.11 Å². The summed E-state index contributed by atoms with van der Waals surface area (Å²) in [6.07, 6.45) is 4.45. The first-order valence-electron chi connectivity index (χ1n) is 9.39. The number of aryl methyl sites for hydroxylation is 1. The van der Waals surface area contributed by atoms with Gasteiger partial charge in [0.05, 0.1) is 18.5 Å². The predicted molar refractivity (Wildman–Crippen MR) is 106 cm³/mol. The fourth-order valence-corrected chi connectivity index (χ4v) is 3.56. The van der Waals surface area contributed by atoms with Crippen molar-refractivity contribution in [3.8, 4) is 22.7 Å². The molecule has 0 saturated heterocycles. The van der Waals surface area contributed by atoms with E-state index in [9.17, 15) is 0 Å². The van der Waals surface area contributed by atoms with E-state index in [1.807, 2.05) is 12.1 Å². The monoisotopic (exact) mass is 347 g/mol. The Morgan fingerprint density at radius 2 is 1.96 bits per heavy atom. The molecule has 1 aromatic heterocycles. The van der Waals surface area contributed by atoms with Crippen molar-refractivity contribution in [2.75, 3.05) is 19.0 Å². The van der Waals surface area contributed by atoms with E-state index in [1.165, 1.54) is 24.0 Å². The van der Waals surface area contributed by atoms with Gasteiger partial charge in [0.1, 0.15) is 11.6 Å². The number of hydrogen-bond acceptors (Lipinski definition) is 3. The average molecular weight is 347 g/mol. The summed E-state index contributed by atoms with van der Waals surface area (Å²) in [5.41, 5.74) is 5.89. The normalized spacial score (nSPS) is 13.6. The predicted octanol–water partition coefficient (Wildman–Crippen LogP) is 4.86. The van der Waals surface area contributed by atoms with Gasteiger partial charge in [0.15, 0.2) is 0 Å². The Balaban J connectivity index is 1.85. The summed E-state index contributed by atoms with van der Waals surface area (Å²) in [7, 11) is 1.70. The first kappa shape index (κ1) is 16.7. The van der Waals surface area contributed by atoms with E-state index in [-0.39, 0.29) is 0 Å². The van der Waals surface area contributed by atoms with Crippen LogP contribution in [0.25, 0.3) is 16.9 Å². The Hall–Kier alpha value is -2.75. The third-order valence-corrected chi connectivity index (χ3v) is 5.06. The largest absolute Gasteiger partial charge is 0.497 e. The van der Waals surface area contributed by atoms with Gasteiger partial charge in [-0.3, -0.25) is 0 Å². The van der Waals surface area contributed by atoms with Gasteiger partial charge < -0.3 is 10.1 Å². The van der Waals surface area contributed by atoms with Gasteiger partial charge in [-0.2, -0.15) is 5.10 Å². The molecule has 1 aliphatic rings. The van der Waals surface area contributed by atoms with Crippen molar-refractivity contribution in [1.82, 2.24) is 9.78 Å². The summed E-state index contributed by atoms with van der Waals surface area (Å²) in [6, 6.07) is 16.9. The first-order chi connectivity index (χ1) is 12.8. The highest BCUT2D eigenvalue weighted by molar-refractivity contribution is 5.72. The van der Waals surface area contributed by atoms with E-state index in [2.05, 4.69) is 53.3 Å². The molecule has 1 N–H and O–H groups in total. The molecule has 0 fully saturated rings. The minimum atomic E-state index is 0.861. The van der Waals surface area contributed by atoms with Gasteiger partial charge in [-0.05, 0) is 55.5 Å². The molecule has 3 aromatic rings. The van der Waals surface area contributed by atoms with Crippen molar-refractivity contribution >= 4 is 5.82 Å². The van der Waals surface area contributed by atoms with Crippen LogP contribution in [0.3, 0.4) is 0 Å². The van der Waals surface area contributed by atoms with Crippen molar-refractivity contribution < 1.29 is 4.74 Å². The third-order valence-electron chi connectivity index (χ3n) is 5.06. The summed E-state index contributed by atoms with van der Waals surface area (Å²) >= 11 is 0. The Kier molecular flexibility index (Phi) is 4.65. The van der Waals surface area contributed by atoms with Crippen LogP contribution < -0.4 is 10.1 Å². The Morgan fingerprint density at radius 1 is 1.12 bits per heavy atom. The highest BCUT2D eigenvalue weighted by Gasteiger charge is 2.21. The number of fused-ring (bicyclic) bond motifs is 1. The van der Waals surface area contributed by atoms with Crippen molar-refractivity contribution in [3.05, 3.63) is 59.7 Å². The molecular formula is C22H25N3O. The molecule has 134 valence electrons. The topological polar surface area (TPSA) is 39.1 Å². The van der Waals surface area contributed by atoms with Crippen LogP contribution in [-0.2, 0) is 12.8 Å². The minimum Gasteiger partial charge on any atom is -0.497 e. The summed E-state index contributed by atoms with van der Waals surface area (Å²) < 4.78 is 7.48. The van der Waals surface area contributed by atoms with Gasteiger partial charge in [-0.1, -0.05) is 31.2 Å². The van der Waals surface area contributed by atoms with E-state index < -0.39 is 0 Å². The number of nitrogens with zero attached hydrogens (tertiary/aromatic N) is 2. The van der Waals surface area contributed by atoms with Crippen LogP contribution in [0.1, 0.15) is 30.9 Å². The van der Waals surface area contributed by atoms with E-state index in [0.717, 1.165) is 47.9 Å². The number of ether oxygens (including phenoxy) is 1. The van der Waals surface area contributed by atoms with Crippen LogP contribution in [0.5, 0.6) is 5.75 Å². The molecule has 0 saturated carbocycles. The smallest absolute Gasteiger partial charge is 0.133 e. The second-order valence-electron chi connectivity index (χ2n) is 6.72. The van der Waals surface area contributed by atoms with Gasteiger partial charge in [-0.25, -0.2) is 4.68 Å². The van der Waals surface area contributed by atoms with Gasteiger partial charge in [-0.15, -0.1) is 0 Å². The van der Waals surface area contributed by atoms with Gasteiger partial charge >= 0.3 is 0 Å². The van der Waals surface area contributed by atoms with Crippen LogP contribution in [0.2, 0.25) is 0 Å². The number of methoxy groups -OCH3 is 1. The first-order valence-corrected chi connectivity index (χ1v) is 9.39. The maximum atomic E-state index is 5.41. The van der Waals surface area contributed by atoms with E-state index in [4.69, 9.17) is 9.84 Å². The summed E-state index contributed by atoms with van der Waals surface area (Å²) in [4.78, 5) is 0. The number of rotatable bonds is 4. The number of aromatic nitrogens is 2. The molecule has 4 rings (SSSR count). The highest BCUT2D eigenvalue weighted by Crippen LogP contribution is 2.35. The maximum Gasteiger partial charge on any atom is 0.133 e. The number of nitrogens with one attached hydrogen (secondary N) is 1. The molecule has 0 amide bonds. The molecule has 26 heavy (non-hydrogen) atoms. The minimum absolute atomic E-state index is 0.861. The van der Waals surface area contributed by atoms with E-state index >= 15 is 0 Å². The zero-order valence-corrected chi connectivity index (χ0v) is 15.5. The zero-order chi connectivity index (χ0) is 17.9. The van der Waals surface area contributed by atoms with Crippen LogP contribution >= 0.6 is 0 Å². The summed E-state index contributed by atoms with van der Waals surface area (Å²) in [6.45, 7) is 3.17. The number of benzene rings is 2. The summed E-state index contributed by atoms with van der Waals surface area (Å²) in [5.74, 6) is 1.99. The van der Waals surface area contributed by atoms with Crippen molar-refractivity contribution in [3.63, 3.8) is 0 Å². The van der Waals surface area contributed by atoms with Crippen molar-refractivity contribution in [2.45, 2.75) is 32.6 Å². The molecule has 0 aliphatic carbocycles. The lowest BCUT2D eigenvalue weighted by molar-refractivity contribution is 0.415. The molecule has 2 aromatic carbocycles. The quantitative estimate of drug-likeness (QED) is 0.733. The van der Waals surface area contributed by atoms with Crippen LogP contribution in [0, 0.1) is 0 Å². The lowest BCUT2D eigenvalue weighted by Gasteiger charge is -2.09. The second kappa shape index (κ2) is 7.24. The standard InChI is InChI=1S/C22H25N3O/c1-3-16-10-12-18(13-11-16)25-22-20(9-4-5-14-23-22)21(24-25)17-7-6-8-19(15-17)26-2/h6-8,10-13,15,23H,3-5,9,14H2,1-2H3. The van der Waals surface area contributed by atoms with Gasteiger partial charge in [0.25, 0.3) is 0 Å². The maximum absolute atomic E-state index is 5.41. The lowest BCUT2D eigenvalue weighted by Crippen LogP contribution is -2.07. The molecule has 4 nitrogen and oxygen atoms in total. The van der Waals surface area contributed by atoms with Crippen LogP contribution in [0.15, 0.2) is 48.5 Å². The fraction of sp³-hybridized carbons (Fsp3) is 0.318. The lowest BCUT2D eigenvalue weighted by atomic mass is 10.0. The Labute approximate surface area is 154 Å². The molecule has 2 heterocycles. The zero-order valence-electron chi connectivity index (χ0n) is 15.5. The molecule has 4 heteroatoms. The number of hydrogen-bond donors (Lipinski definition) is 1. The van der Waals surface area contributed by atoms with Crippen molar-refractivity contribution in [2.24, 2.45) is 0 Å². The molecule has 0 unspecified atom stereocenters. The fourth-order valence-electron chi connectivity index (χ4n) is 3.56. The van der Waals surface area contributed by atoms with Crippen molar-refractivity contribution in [1.29, 1.82) is 0 Å². The van der Waals surface area contributed by atoms with Crippen LogP contribution in [0.4, 0.5) is 5.82 Å². The molecule has 1 aliphatic heterocycles. The number of anilines is 1. The van der Waals surface area contributed by atoms with Crippen LogP contribution in [-0.4, -0.2) is 23.4 Å². The Bertz CT molecular complexity index is 896. The van der Waals surface area contributed by atoms with E-state index in [0.29, 0.717) is 0 Å². The van der Waals surface area contributed by atoms with Gasteiger partial charge in [0, 0.05) is 17.7 Å². The molecular weight excluding hydrogens is 322 g/mol. The van der Waals surface area contributed by atoms with Gasteiger partial charge in [0.2, 0.25) is 0 Å². The highest BCUT2D eigenvalue weighted by atomic mass is 16.5. The molecule has 0 spiro atoms. The molecule has 0 atom stereocenters. The average Bonchev–Trinajstić information content (AvgIpc) is 2.89. The summed E-state index contributed by atoms with van der Waals surface area (Å²) in [5, 5.41) is 8.61. The SMILES string of the molecule is CCc1ccc(-n2nc(-c3cccc(OC)c3)c3c2NCCCC3)cc1.